The third kappa shape index (κ3) is 5.71. The Kier molecular flexibility index (Phi) is 7.14. The highest BCUT2D eigenvalue weighted by Crippen LogP contribution is 2.19. The first-order valence-electron chi connectivity index (χ1n) is 8.46. The second-order valence-electron chi connectivity index (χ2n) is 5.49. The molecular formula is C20H25NO4. The van der Waals surface area contributed by atoms with Gasteiger partial charge in [-0.1, -0.05) is 19.1 Å². The molecule has 1 amide bonds. The number of hydrogen-bond acceptors (Lipinski definition) is 4. The van der Waals surface area contributed by atoms with Gasteiger partial charge < -0.3 is 19.5 Å². The molecule has 1 N–H and O–H groups in total. The lowest BCUT2D eigenvalue weighted by molar-refractivity contribution is -0.128. The van der Waals surface area contributed by atoms with Crippen LogP contribution < -0.4 is 19.5 Å². The molecule has 0 aromatic heterocycles. The van der Waals surface area contributed by atoms with Gasteiger partial charge in [0.05, 0.1) is 13.7 Å². The van der Waals surface area contributed by atoms with E-state index in [4.69, 9.17) is 14.2 Å². The van der Waals surface area contributed by atoms with Crippen molar-refractivity contribution in [3.63, 3.8) is 0 Å². The Morgan fingerprint density at radius 3 is 2.40 bits per heavy atom. The molecule has 0 aliphatic carbocycles. The molecule has 0 bridgehead atoms. The number of hydrogen-bond donors (Lipinski definition) is 1. The quantitative estimate of drug-likeness (QED) is 0.756. The topological polar surface area (TPSA) is 56.8 Å². The number of benzene rings is 2. The minimum Gasteiger partial charge on any atom is -0.497 e. The first-order chi connectivity index (χ1) is 12.2. The maximum Gasteiger partial charge on any atom is 0.261 e. The maximum absolute atomic E-state index is 12.4. The summed E-state index contributed by atoms with van der Waals surface area (Å²) in [5, 5.41) is 2.92. The smallest absolute Gasteiger partial charge is 0.261 e. The van der Waals surface area contributed by atoms with Crippen molar-refractivity contribution in [2.45, 2.75) is 32.9 Å². The van der Waals surface area contributed by atoms with E-state index < -0.39 is 6.10 Å². The number of methoxy groups -OCH3 is 1. The number of ether oxygens (including phenoxy) is 3. The molecule has 2 rings (SSSR count). The molecule has 0 spiro atoms. The van der Waals surface area contributed by atoms with Crippen LogP contribution >= 0.6 is 0 Å². The first kappa shape index (κ1) is 18.6. The Labute approximate surface area is 148 Å². The molecule has 0 aliphatic rings. The van der Waals surface area contributed by atoms with Crippen LogP contribution in [0.4, 0.5) is 0 Å². The van der Waals surface area contributed by atoms with Crippen molar-refractivity contribution in [3.05, 3.63) is 54.1 Å². The van der Waals surface area contributed by atoms with Crippen LogP contribution in [-0.2, 0) is 11.3 Å². The summed E-state index contributed by atoms with van der Waals surface area (Å²) >= 11 is 0. The minimum absolute atomic E-state index is 0.139. The van der Waals surface area contributed by atoms with Crippen molar-refractivity contribution in [2.24, 2.45) is 0 Å². The van der Waals surface area contributed by atoms with Crippen LogP contribution in [0.15, 0.2) is 48.5 Å². The highest BCUT2D eigenvalue weighted by atomic mass is 16.5. The second kappa shape index (κ2) is 9.57. The summed E-state index contributed by atoms with van der Waals surface area (Å²) in [5.74, 6) is 2.05. The lowest BCUT2D eigenvalue weighted by atomic mass is 10.2. The van der Waals surface area contributed by atoms with Crippen LogP contribution in [0.5, 0.6) is 17.2 Å². The van der Waals surface area contributed by atoms with E-state index in [9.17, 15) is 4.79 Å². The Balaban J connectivity index is 1.91. The van der Waals surface area contributed by atoms with Gasteiger partial charge >= 0.3 is 0 Å². The largest absolute Gasteiger partial charge is 0.497 e. The molecule has 25 heavy (non-hydrogen) atoms. The summed E-state index contributed by atoms with van der Waals surface area (Å²) in [6.45, 7) is 4.91. The summed E-state index contributed by atoms with van der Waals surface area (Å²) in [4.78, 5) is 12.4. The summed E-state index contributed by atoms with van der Waals surface area (Å²) in [6, 6.07) is 14.9. The van der Waals surface area contributed by atoms with Crippen LogP contribution in [0.3, 0.4) is 0 Å². The van der Waals surface area contributed by atoms with Crippen molar-refractivity contribution < 1.29 is 19.0 Å². The molecule has 0 radical (unpaired) electrons. The van der Waals surface area contributed by atoms with Gasteiger partial charge in [-0.05, 0) is 55.3 Å². The molecule has 0 fully saturated rings. The van der Waals surface area contributed by atoms with E-state index in [2.05, 4.69) is 5.32 Å². The van der Waals surface area contributed by atoms with E-state index in [0.717, 1.165) is 17.1 Å². The number of amides is 1. The standard InChI is InChI=1S/C20H25NO4/c1-4-19(25-17-11-9-16(23-3)10-12-17)20(22)21-14-15-7-6-8-18(13-15)24-5-2/h6-13,19H,4-5,14H2,1-3H3,(H,21,22)/t19-/m0/s1. The molecule has 1 atom stereocenters. The Morgan fingerprint density at radius 1 is 1.04 bits per heavy atom. The van der Waals surface area contributed by atoms with Crippen molar-refractivity contribution in [1.29, 1.82) is 0 Å². The summed E-state index contributed by atoms with van der Waals surface area (Å²) in [6.07, 6.45) is 0.0418. The molecule has 0 saturated heterocycles. The van der Waals surface area contributed by atoms with Crippen LogP contribution in [0.1, 0.15) is 25.8 Å². The number of nitrogens with one attached hydrogen (secondary N) is 1. The van der Waals surface area contributed by atoms with Crippen LogP contribution in [-0.4, -0.2) is 25.7 Å². The van der Waals surface area contributed by atoms with Crippen molar-refractivity contribution in [3.8, 4) is 17.2 Å². The molecule has 0 saturated carbocycles. The van der Waals surface area contributed by atoms with Crippen molar-refractivity contribution in [1.82, 2.24) is 5.32 Å². The highest BCUT2D eigenvalue weighted by molar-refractivity contribution is 5.81. The zero-order valence-corrected chi connectivity index (χ0v) is 15.0. The number of carbonyl (C=O) groups is 1. The van der Waals surface area contributed by atoms with E-state index in [0.29, 0.717) is 25.3 Å². The van der Waals surface area contributed by atoms with Crippen LogP contribution in [0.25, 0.3) is 0 Å². The fourth-order valence-corrected chi connectivity index (χ4v) is 2.36. The molecule has 134 valence electrons. The predicted octanol–water partition coefficient (Wildman–Crippen LogP) is 3.57. The van der Waals surface area contributed by atoms with Gasteiger partial charge in [0.25, 0.3) is 5.91 Å². The maximum atomic E-state index is 12.4. The Bertz CT molecular complexity index is 670. The monoisotopic (exact) mass is 343 g/mol. The van der Waals surface area contributed by atoms with E-state index >= 15 is 0 Å². The van der Waals surface area contributed by atoms with E-state index in [1.54, 1.807) is 31.4 Å². The average molecular weight is 343 g/mol. The molecule has 5 heteroatoms. The highest BCUT2D eigenvalue weighted by Gasteiger charge is 2.18. The molecular weight excluding hydrogens is 318 g/mol. The Hall–Kier alpha value is -2.69. The Morgan fingerprint density at radius 2 is 1.76 bits per heavy atom. The fraction of sp³-hybridized carbons (Fsp3) is 0.350. The van der Waals surface area contributed by atoms with Gasteiger partial charge in [0.15, 0.2) is 6.10 Å². The van der Waals surface area contributed by atoms with E-state index in [1.165, 1.54) is 0 Å². The zero-order valence-electron chi connectivity index (χ0n) is 15.0. The number of rotatable bonds is 9. The molecule has 0 unspecified atom stereocenters. The van der Waals surface area contributed by atoms with Gasteiger partial charge in [0.2, 0.25) is 0 Å². The lowest BCUT2D eigenvalue weighted by Crippen LogP contribution is -2.37. The van der Waals surface area contributed by atoms with E-state index in [1.807, 2.05) is 38.1 Å². The van der Waals surface area contributed by atoms with Gasteiger partial charge in [-0.15, -0.1) is 0 Å². The molecule has 0 heterocycles. The van der Waals surface area contributed by atoms with Gasteiger partial charge in [-0.25, -0.2) is 0 Å². The molecule has 2 aromatic rings. The average Bonchev–Trinajstić information content (AvgIpc) is 2.65. The summed E-state index contributed by atoms with van der Waals surface area (Å²) in [5.41, 5.74) is 0.985. The SMILES string of the molecule is CCOc1cccc(CNC(=O)[C@H](CC)Oc2ccc(OC)cc2)c1. The molecule has 0 aliphatic heterocycles. The first-order valence-corrected chi connectivity index (χ1v) is 8.46. The minimum atomic E-state index is -0.538. The van der Waals surface area contributed by atoms with E-state index in [-0.39, 0.29) is 5.91 Å². The van der Waals surface area contributed by atoms with Crippen molar-refractivity contribution >= 4 is 5.91 Å². The number of carbonyl (C=O) groups excluding carboxylic acids is 1. The van der Waals surface area contributed by atoms with Gasteiger partial charge in [-0.3, -0.25) is 4.79 Å². The zero-order chi connectivity index (χ0) is 18.1. The third-order valence-corrected chi connectivity index (χ3v) is 3.68. The predicted molar refractivity (Wildman–Crippen MR) is 97.2 cm³/mol. The second-order valence-corrected chi connectivity index (χ2v) is 5.49. The van der Waals surface area contributed by atoms with Gasteiger partial charge in [0, 0.05) is 6.54 Å². The molecule has 5 nitrogen and oxygen atoms in total. The summed E-state index contributed by atoms with van der Waals surface area (Å²) in [7, 11) is 1.61. The lowest BCUT2D eigenvalue weighted by Gasteiger charge is -2.17. The van der Waals surface area contributed by atoms with Crippen LogP contribution in [0, 0.1) is 0 Å². The third-order valence-electron chi connectivity index (χ3n) is 3.68. The van der Waals surface area contributed by atoms with Crippen LogP contribution in [0.2, 0.25) is 0 Å². The molecule has 2 aromatic carbocycles. The summed E-state index contributed by atoms with van der Waals surface area (Å²) < 4.78 is 16.4. The van der Waals surface area contributed by atoms with Gasteiger partial charge in [0.1, 0.15) is 17.2 Å². The normalized spacial score (nSPS) is 11.5. The fourth-order valence-electron chi connectivity index (χ4n) is 2.36. The van der Waals surface area contributed by atoms with Gasteiger partial charge in [-0.2, -0.15) is 0 Å². The van der Waals surface area contributed by atoms with Crippen molar-refractivity contribution in [2.75, 3.05) is 13.7 Å².